The number of anilines is 1. The first-order valence-electron chi connectivity index (χ1n) is 6.66. The van der Waals surface area contributed by atoms with Gasteiger partial charge in [-0.3, -0.25) is 9.59 Å². The highest BCUT2D eigenvalue weighted by molar-refractivity contribution is 6.54. The molecule has 0 aliphatic rings. The van der Waals surface area contributed by atoms with Crippen molar-refractivity contribution in [2.45, 2.75) is 13.3 Å². The van der Waals surface area contributed by atoms with Gasteiger partial charge in [0, 0.05) is 11.8 Å². The zero-order valence-electron chi connectivity index (χ0n) is 12.2. The van der Waals surface area contributed by atoms with Crippen molar-refractivity contribution in [1.82, 2.24) is 4.98 Å². The third kappa shape index (κ3) is 5.38. The van der Waals surface area contributed by atoms with E-state index in [-0.39, 0.29) is 12.0 Å². The van der Waals surface area contributed by atoms with Crippen molar-refractivity contribution in [3.05, 3.63) is 60.2 Å². The van der Waals surface area contributed by atoms with Crippen LogP contribution in [-0.4, -0.2) is 29.5 Å². The fraction of sp³-hybridized carbons (Fsp3) is 0.133. The molecule has 0 saturated carbocycles. The number of nitrogens with zero attached hydrogens (tertiary/aromatic N) is 1. The van der Waals surface area contributed by atoms with Crippen molar-refractivity contribution in [2.24, 2.45) is 0 Å². The highest BCUT2D eigenvalue weighted by atomic mass is 16.5. The van der Waals surface area contributed by atoms with Gasteiger partial charge in [0.05, 0.1) is 0 Å². The summed E-state index contributed by atoms with van der Waals surface area (Å²) in [6.45, 7) is 5.57. The Kier molecular flexibility index (Phi) is 7.35. The molecule has 0 unspecified atom stereocenters. The number of nitrogens with one attached hydrogen (secondary N) is 1. The molecule has 1 rings (SSSR count). The van der Waals surface area contributed by atoms with Crippen molar-refractivity contribution < 1.29 is 19.3 Å². The van der Waals surface area contributed by atoms with Gasteiger partial charge in [0.1, 0.15) is 5.82 Å². The van der Waals surface area contributed by atoms with E-state index in [4.69, 9.17) is 0 Å². The average Bonchev–Trinajstić information content (AvgIpc) is 2.52. The minimum Gasteiger partial charge on any atom is -0.508 e. The van der Waals surface area contributed by atoms with E-state index in [1.807, 2.05) is 6.92 Å². The Morgan fingerprint density at radius 1 is 1.55 bits per heavy atom. The van der Waals surface area contributed by atoms with Crippen molar-refractivity contribution in [2.75, 3.05) is 5.32 Å². The van der Waals surface area contributed by atoms with Gasteiger partial charge in [-0.1, -0.05) is 31.7 Å². The number of allylic oxidation sites excluding steroid dienone is 3. The number of hydrogen-bond donors (Lipinski definition) is 2. The van der Waals surface area contributed by atoms with Crippen LogP contribution in [0.5, 0.6) is 0 Å². The summed E-state index contributed by atoms with van der Waals surface area (Å²) in [7, 11) is -1.44. The van der Waals surface area contributed by atoms with Gasteiger partial charge in [0.15, 0.2) is 0 Å². The molecule has 7 heteroatoms. The van der Waals surface area contributed by atoms with E-state index in [1.54, 1.807) is 30.5 Å². The van der Waals surface area contributed by atoms with Crippen LogP contribution in [0.3, 0.4) is 0 Å². The zero-order valence-corrected chi connectivity index (χ0v) is 12.2. The summed E-state index contributed by atoms with van der Waals surface area (Å²) >= 11 is 0. The fourth-order valence-corrected chi connectivity index (χ4v) is 1.62. The van der Waals surface area contributed by atoms with E-state index >= 15 is 0 Å². The highest BCUT2D eigenvalue weighted by Gasteiger charge is 2.20. The standard InChI is InChI=1S/C15H17BN2O4/c1-3-7-13(16(21)22-11-19)10-12(4-2)15(20)18-14-8-5-6-9-17-14/h4-11,21H,2-3H2,1H3,(H,17,18,20)/b12-10+,13-7?. The number of amides is 1. The topological polar surface area (TPSA) is 88.5 Å². The SMILES string of the molecule is C=C/C(=C\C(=CCC)B(O)OC=O)C(=O)Nc1ccccn1. The van der Waals surface area contributed by atoms with Gasteiger partial charge in [-0.2, -0.15) is 0 Å². The normalized spacial score (nSPS) is 11.5. The first-order chi connectivity index (χ1) is 10.6. The van der Waals surface area contributed by atoms with E-state index in [2.05, 4.69) is 21.5 Å². The van der Waals surface area contributed by atoms with E-state index in [1.165, 1.54) is 12.2 Å². The van der Waals surface area contributed by atoms with Crippen LogP contribution in [0.2, 0.25) is 0 Å². The molecule has 22 heavy (non-hydrogen) atoms. The Morgan fingerprint density at radius 3 is 2.86 bits per heavy atom. The smallest absolute Gasteiger partial charge is 0.508 e. The fourth-order valence-electron chi connectivity index (χ4n) is 1.62. The third-order valence-electron chi connectivity index (χ3n) is 2.62. The van der Waals surface area contributed by atoms with E-state index in [9.17, 15) is 14.6 Å². The van der Waals surface area contributed by atoms with Crippen LogP contribution in [0.25, 0.3) is 0 Å². The number of hydrogen-bond acceptors (Lipinski definition) is 5. The molecular formula is C15H17BN2O4. The number of aromatic nitrogens is 1. The zero-order chi connectivity index (χ0) is 16.4. The Labute approximate surface area is 129 Å². The molecule has 0 atom stereocenters. The monoisotopic (exact) mass is 300 g/mol. The van der Waals surface area contributed by atoms with Gasteiger partial charge < -0.3 is 15.0 Å². The lowest BCUT2D eigenvalue weighted by Crippen LogP contribution is -2.21. The summed E-state index contributed by atoms with van der Waals surface area (Å²) in [6, 6.07) is 5.12. The Hall–Kier alpha value is -2.67. The molecule has 1 aromatic rings. The molecule has 0 radical (unpaired) electrons. The van der Waals surface area contributed by atoms with Crippen molar-refractivity contribution in [1.29, 1.82) is 0 Å². The Balaban J connectivity index is 2.95. The van der Waals surface area contributed by atoms with Gasteiger partial charge in [0.2, 0.25) is 0 Å². The first-order valence-corrected chi connectivity index (χ1v) is 6.66. The minimum atomic E-state index is -1.44. The lowest BCUT2D eigenvalue weighted by Gasteiger charge is -2.08. The van der Waals surface area contributed by atoms with Crippen LogP contribution >= 0.6 is 0 Å². The van der Waals surface area contributed by atoms with E-state index in [0.29, 0.717) is 17.7 Å². The second kappa shape index (κ2) is 9.30. The number of carbonyl (C=O) groups is 2. The number of carbonyl (C=O) groups excluding carboxylic acids is 2. The van der Waals surface area contributed by atoms with Crippen LogP contribution in [0.15, 0.2) is 60.2 Å². The van der Waals surface area contributed by atoms with Crippen molar-refractivity contribution in [3.63, 3.8) is 0 Å². The molecule has 6 nitrogen and oxygen atoms in total. The third-order valence-corrected chi connectivity index (χ3v) is 2.62. The summed E-state index contributed by atoms with van der Waals surface area (Å²) in [4.78, 5) is 26.5. The van der Waals surface area contributed by atoms with Crippen molar-refractivity contribution in [3.8, 4) is 0 Å². The van der Waals surface area contributed by atoms with Gasteiger partial charge in [0.25, 0.3) is 12.4 Å². The van der Waals surface area contributed by atoms with Crippen LogP contribution in [0, 0.1) is 0 Å². The van der Waals surface area contributed by atoms with Crippen molar-refractivity contribution >= 4 is 25.3 Å². The van der Waals surface area contributed by atoms with Crippen LogP contribution in [0.1, 0.15) is 13.3 Å². The minimum absolute atomic E-state index is 0.142. The predicted octanol–water partition coefficient (Wildman–Crippen LogP) is 1.66. The molecule has 114 valence electrons. The largest absolute Gasteiger partial charge is 0.561 e. The summed E-state index contributed by atoms with van der Waals surface area (Å²) in [6.07, 6.45) is 6.54. The van der Waals surface area contributed by atoms with Gasteiger partial charge >= 0.3 is 7.12 Å². The van der Waals surface area contributed by atoms with E-state index < -0.39 is 13.0 Å². The lowest BCUT2D eigenvalue weighted by atomic mass is 9.77. The molecule has 0 spiro atoms. The quantitative estimate of drug-likeness (QED) is 0.330. The summed E-state index contributed by atoms with van der Waals surface area (Å²) in [5, 5.41) is 12.3. The Morgan fingerprint density at radius 2 is 2.32 bits per heavy atom. The molecule has 0 aromatic carbocycles. The molecule has 1 heterocycles. The first kappa shape index (κ1) is 17.4. The molecule has 0 aliphatic carbocycles. The maximum Gasteiger partial charge on any atom is 0.561 e. The number of pyridine rings is 1. The molecular weight excluding hydrogens is 283 g/mol. The highest BCUT2D eigenvalue weighted by Crippen LogP contribution is 2.11. The second-order valence-electron chi connectivity index (χ2n) is 4.17. The molecule has 1 aromatic heterocycles. The Bertz CT molecular complexity index is 584. The second-order valence-corrected chi connectivity index (χ2v) is 4.17. The van der Waals surface area contributed by atoms with Gasteiger partial charge in [-0.15, -0.1) is 0 Å². The molecule has 2 N–H and O–H groups in total. The summed E-state index contributed by atoms with van der Waals surface area (Å²) in [5.74, 6) is -0.0417. The maximum absolute atomic E-state index is 12.2. The summed E-state index contributed by atoms with van der Waals surface area (Å²) < 4.78 is 4.48. The van der Waals surface area contributed by atoms with Crippen LogP contribution < -0.4 is 5.32 Å². The lowest BCUT2D eigenvalue weighted by molar-refractivity contribution is -0.121. The molecule has 1 amide bonds. The maximum atomic E-state index is 12.2. The van der Waals surface area contributed by atoms with E-state index in [0.717, 1.165) is 0 Å². The predicted molar refractivity (Wildman–Crippen MR) is 84.6 cm³/mol. The number of rotatable bonds is 8. The molecule has 0 aliphatic heterocycles. The van der Waals surface area contributed by atoms with Gasteiger partial charge in [-0.05, 0) is 30.1 Å². The van der Waals surface area contributed by atoms with Crippen LogP contribution in [0.4, 0.5) is 5.82 Å². The summed E-state index contributed by atoms with van der Waals surface area (Å²) in [5.41, 5.74) is 0.500. The average molecular weight is 300 g/mol. The van der Waals surface area contributed by atoms with Gasteiger partial charge in [-0.25, -0.2) is 4.98 Å². The molecule has 0 saturated heterocycles. The molecule has 0 fully saturated rings. The molecule has 0 bridgehead atoms. The van der Waals surface area contributed by atoms with Crippen LogP contribution in [-0.2, 0) is 14.2 Å².